The molecule has 0 amide bonds. The Labute approximate surface area is 100 Å². The molecule has 1 aromatic heterocycles. The Balaban J connectivity index is 1.81. The summed E-state index contributed by atoms with van der Waals surface area (Å²) in [5.74, 6) is 1.14. The molecule has 1 atom stereocenters. The Morgan fingerprint density at radius 1 is 1.29 bits per heavy atom. The van der Waals surface area contributed by atoms with Gasteiger partial charge >= 0.3 is 0 Å². The summed E-state index contributed by atoms with van der Waals surface area (Å²) in [4.78, 5) is 4.61. The SMILES string of the molecule is c1ccc2c(c1)Cn1c(C3CCCN3)cnc1-2. The molecule has 0 spiro atoms. The lowest BCUT2D eigenvalue weighted by Crippen LogP contribution is -2.16. The van der Waals surface area contributed by atoms with Crippen LogP contribution in [-0.4, -0.2) is 16.1 Å². The number of nitrogens with one attached hydrogen (secondary N) is 1. The van der Waals surface area contributed by atoms with Gasteiger partial charge in [-0.05, 0) is 24.9 Å². The molecular weight excluding hydrogens is 210 g/mol. The summed E-state index contributed by atoms with van der Waals surface area (Å²) in [6.07, 6.45) is 4.56. The van der Waals surface area contributed by atoms with E-state index in [2.05, 4.69) is 39.1 Å². The normalized spacial score (nSPS) is 21.5. The zero-order valence-corrected chi connectivity index (χ0v) is 9.69. The van der Waals surface area contributed by atoms with Gasteiger partial charge in [0.25, 0.3) is 0 Å². The van der Waals surface area contributed by atoms with Crippen LogP contribution in [-0.2, 0) is 6.54 Å². The van der Waals surface area contributed by atoms with Gasteiger partial charge in [0, 0.05) is 11.6 Å². The van der Waals surface area contributed by atoms with Gasteiger partial charge in [0.2, 0.25) is 0 Å². The first-order valence-corrected chi connectivity index (χ1v) is 6.30. The summed E-state index contributed by atoms with van der Waals surface area (Å²) in [6.45, 7) is 2.12. The Kier molecular flexibility index (Phi) is 1.91. The van der Waals surface area contributed by atoms with Crippen molar-refractivity contribution < 1.29 is 0 Å². The first-order valence-electron chi connectivity index (χ1n) is 6.30. The molecule has 1 fully saturated rings. The Morgan fingerprint density at radius 2 is 2.24 bits per heavy atom. The predicted octanol–water partition coefficient (Wildman–Crippen LogP) is 2.34. The maximum absolute atomic E-state index is 4.61. The van der Waals surface area contributed by atoms with Crippen molar-refractivity contribution in [3.8, 4) is 11.4 Å². The molecule has 3 heterocycles. The van der Waals surface area contributed by atoms with Crippen LogP contribution in [0.15, 0.2) is 30.5 Å². The third-order valence-electron chi connectivity index (χ3n) is 3.89. The van der Waals surface area contributed by atoms with Gasteiger partial charge in [0.1, 0.15) is 5.82 Å². The highest BCUT2D eigenvalue weighted by Crippen LogP contribution is 2.35. The average molecular weight is 225 g/mol. The molecule has 2 aromatic rings. The second-order valence-electron chi connectivity index (χ2n) is 4.90. The quantitative estimate of drug-likeness (QED) is 0.689. The second kappa shape index (κ2) is 3.44. The Bertz CT molecular complexity index is 565. The molecule has 1 saturated heterocycles. The summed E-state index contributed by atoms with van der Waals surface area (Å²) in [5.41, 5.74) is 4.06. The Morgan fingerprint density at radius 3 is 3.12 bits per heavy atom. The third-order valence-corrected chi connectivity index (χ3v) is 3.89. The van der Waals surface area contributed by atoms with Gasteiger partial charge in [-0.1, -0.05) is 24.3 Å². The zero-order valence-electron chi connectivity index (χ0n) is 9.69. The van der Waals surface area contributed by atoms with E-state index in [9.17, 15) is 0 Å². The fourth-order valence-electron chi connectivity index (χ4n) is 3.03. The number of hydrogen-bond donors (Lipinski definition) is 1. The molecule has 0 bridgehead atoms. The van der Waals surface area contributed by atoms with Crippen molar-refractivity contribution in [3.63, 3.8) is 0 Å². The number of rotatable bonds is 1. The zero-order chi connectivity index (χ0) is 11.2. The van der Waals surface area contributed by atoms with Gasteiger partial charge in [0.05, 0.1) is 18.4 Å². The van der Waals surface area contributed by atoms with E-state index in [1.54, 1.807) is 0 Å². The van der Waals surface area contributed by atoms with Crippen molar-refractivity contribution in [2.45, 2.75) is 25.4 Å². The maximum Gasteiger partial charge on any atom is 0.140 e. The first-order chi connectivity index (χ1) is 8.43. The number of fused-ring (bicyclic) bond motifs is 3. The first kappa shape index (κ1) is 9.42. The smallest absolute Gasteiger partial charge is 0.140 e. The average Bonchev–Trinajstić information content (AvgIpc) is 3.04. The van der Waals surface area contributed by atoms with Crippen LogP contribution in [0.4, 0.5) is 0 Å². The van der Waals surface area contributed by atoms with Crippen LogP contribution < -0.4 is 5.32 Å². The van der Waals surface area contributed by atoms with Crippen LogP contribution in [0.3, 0.4) is 0 Å². The van der Waals surface area contributed by atoms with E-state index in [1.165, 1.54) is 29.7 Å². The fourth-order valence-corrected chi connectivity index (χ4v) is 3.03. The van der Waals surface area contributed by atoms with Gasteiger partial charge in [-0.2, -0.15) is 0 Å². The van der Waals surface area contributed by atoms with Crippen LogP contribution in [0.2, 0.25) is 0 Å². The second-order valence-corrected chi connectivity index (χ2v) is 4.90. The number of imidazole rings is 1. The summed E-state index contributed by atoms with van der Waals surface area (Å²) in [6, 6.07) is 9.09. The number of nitrogens with zero attached hydrogens (tertiary/aromatic N) is 2. The maximum atomic E-state index is 4.61. The summed E-state index contributed by atoms with van der Waals surface area (Å²) >= 11 is 0. The number of hydrogen-bond acceptors (Lipinski definition) is 2. The van der Waals surface area contributed by atoms with Gasteiger partial charge in [-0.15, -0.1) is 0 Å². The lowest BCUT2D eigenvalue weighted by molar-refractivity contribution is 0.592. The van der Waals surface area contributed by atoms with Crippen molar-refractivity contribution in [1.29, 1.82) is 0 Å². The topological polar surface area (TPSA) is 29.9 Å². The van der Waals surface area contributed by atoms with Crippen LogP contribution in [0.5, 0.6) is 0 Å². The van der Waals surface area contributed by atoms with Crippen LogP contribution in [0, 0.1) is 0 Å². The van der Waals surface area contributed by atoms with E-state index in [-0.39, 0.29) is 0 Å². The van der Waals surface area contributed by atoms with E-state index in [0.717, 1.165) is 18.9 Å². The lowest BCUT2D eigenvalue weighted by atomic mass is 10.1. The van der Waals surface area contributed by atoms with E-state index in [1.807, 2.05) is 6.20 Å². The van der Waals surface area contributed by atoms with Crippen molar-refractivity contribution >= 4 is 0 Å². The van der Waals surface area contributed by atoms with Crippen molar-refractivity contribution in [2.24, 2.45) is 0 Å². The number of aromatic nitrogens is 2. The van der Waals surface area contributed by atoms with Crippen molar-refractivity contribution in [2.75, 3.05) is 6.54 Å². The standard InChI is InChI=1S/C14H15N3/c1-2-5-11-10(4-1)9-17-13(8-16-14(11)17)12-6-3-7-15-12/h1-2,4-5,8,12,15H,3,6-7,9H2. The summed E-state index contributed by atoms with van der Waals surface area (Å²) in [5, 5.41) is 3.55. The predicted molar refractivity (Wildman–Crippen MR) is 66.7 cm³/mol. The monoisotopic (exact) mass is 225 g/mol. The lowest BCUT2D eigenvalue weighted by Gasteiger charge is -2.11. The van der Waals surface area contributed by atoms with Crippen LogP contribution in [0.1, 0.15) is 30.1 Å². The van der Waals surface area contributed by atoms with E-state index in [4.69, 9.17) is 0 Å². The third kappa shape index (κ3) is 1.29. The highest BCUT2D eigenvalue weighted by Gasteiger charge is 2.26. The molecule has 1 aromatic carbocycles. The minimum absolute atomic E-state index is 0.505. The van der Waals surface area contributed by atoms with Gasteiger partial charge in [0.15, 0.2) is 0 Å². The van der Waals surface area contributed by atoms with Gasteiger partial charge in [-0.25, -0.2) is 4.98 Å². The molecule has 0 saturated carbocycles. The highest BCUT2D eigenvalue weighted by molar-refractivity contribution is 5.65. The van der Waals surface area contributed by atoms with Gasteiger partial charge < -0.3 is 9.88 Å². The molecule has 0 radical (unpaired) electrons. The molecule has 3 heteroatoms. The highest BCUT2D eigenvalue weighted by atomic mass is 15.1. The van der Waals surface area contributed by atoms with Crippen LogP contribution in [0.25, 0.3) is 11.4 Å². The van der Waals surface area contributed by atoms with Crippen LogP contribution >= 0.6 is 0 Å². The largest absolute Gasteiger partial charge is 0.322 e. The van der Waals surface area contributed by atoms with E-state index < -0.39 is 0 Å². The van der Waals surface area contributed by atoms with E-state index in [0.29, 0.717) is 6.04 Å². The van der Waals surface area contributed by atoms with Gasteiger partial charge in [-0.3, -0.25) is 0 Å². The summed E-state index contributed by atoms with van der Waals surface area (Å²) in [7, 11) is 0. The molecule has 1 N–H and O–H groups in total. The molecule has 17 heavy (non-hydrogen) atoms. The Hall–Kier alpha value is -1.61. The molecule has 0 aliphatic carbocycles. The van der Waals surface area contributed by atoms with Crippen molar-refractivity contribution in [3.05, 3.63) is 41.7 Å². The summed E-state index contributed by atoms with van der Waals surface area (Å²) < 4.78 is 2.37. The molecule has 3 nitrogen and oxygen atoms in total. The van der Waals surface area contributed by atoms with Crippen molar-refractivity contribution in [1.82, 2.24) is 14.9 Å². The number of benzene rings is 1. The molecule has 1 unspecified atom stereocenters. The molecule has 86 valence electrons. The molecule has 2 aliphatic heterocycles. The molecule has 4 rings (SSSR count). The molecular formula is C14H15N3. The molecule has 2 aliphatic rings. The van der Waals surface area contributed by atoms with E-state index >= 15 is 0 Å². The minimum Gasteiger partial charge on any atom is -0.322 e. The fraction of sp³-hybridized carbons (Fsp3) is 0.357. The minimum atomic E-state index is 0.505.